The zero-order valence-electron chi connectivity index (χ0n) is 11.9. The lowest BCUT2D eigenvalue weighted by atomic mass is 9.99. The minimum absolute atomic E-state index is 0.0212. The van der Waals surface area contributed by atoms with Gasteiger partial charge >= 0.3 is 5.97 Å². The molecule has 2 atom stereocenters. The van der Waals surface area contributed by atoms with Crippen LogP contribution in [0.2, 0.25) is 0 Å². The molecular formula is C14H18N2O5. The minimum atomic E-state index is -0.914. The number of hydrogen-bond donors (Lipinski definition) is 2. The smallest absolute Gasteiger partial charge is 0.303 e. The fourth-order valence-electron chi connectivity index (χ4n) is 1.84. The monoisotopic (exact) mass is 294 g/mol. The maximum atomic E-state index is 12.1. The van der Waals surface area contributed by atoms with Gasteiger partial charge < -0.3 is 10.4 Å². The Morgan fingerprint density at radius 1 is 1.38 bits per heavy atom. The number of benzene rings is 1. The van der Waals surface area contributed by atoms with Crippen LogP contribution in [0.4, 0.5) is 5.69 Å². The first-order valence-corrected chi connectivity index (χ1v) is 6.57. The number of carboxylic acid groups (broad SMARTS) is 1. The van der Waals surface area contributed by atoms with E-state index in [1.165, 1.54) is 18.2 Å². The summed E-state index contributed by atoms with van der Waals surface area (Å²) < 4.78 is 0. The molecule has 7 heteroatoms. The Hall–Kier alpha value is -2.44. The zero-order valence-corrected chi connectivity index (χ0v) is 11.9. The lowest BCUT2D eigenvalue weighted by Crippen LogP contribution is -2.35. The summed E-state index contributed by atoms with van der Waals surface area (Å²) >= 11 is 0. The normalized spacial score (nSPS) is 13.2. The van der Waals surface area contributed by atoms with Crippen LogP contribution < -0.4 is 5.32 Å². The molecule has 0 saturated carbocycles. The fourth-order valence-corrected chi connectivity index (χ4v) is 1.84. The molecule has 0 aliphatic carbocycles. The van der Waals surface area contributed by atoms with Crippen molar-refractivity contribution in [1.82, 2.24) is 5.32 Å². The number of amides is 1. The molecule has 114 valence electrons. The van der Waals surface area contributed by atoms with Crippen LogP contribution in [-0.4, -0.2) is 27.9 Å². The number of non-ortho nitro benzene ring substituents is 1. The predicted octanol–water partition coefficient (Wildman–Crippen LogP) is 2.07. The van der Waals surface area contributed by atoms with Gasteiger partial charge in [0.1, 0.15) is 0 Å². The summed E-state index contributed by atoms with van der Waals surface area (Å²) in [6.45, 7) is 3.37. The van der Waals surface area contributed by atoms with Crippen molar-refractivity contribution in [2.75, 3.05) is 0 Å². The van der Waals surface area contributed by atoms with Gasteiger partial charge in [-0.05, 0) is 25.8 Å². The number of nitrogens with one attached hydrogen (secondary N) is 1. The van der Waals surface area contributed by atoms with E-state index in [0.29, 0.717) is 12.0 Å². The highest BCUT2D eigenvalue weighted by atomic mass is 16.6. The van der Waals surface area contributed by atoms with E-state index in [-0.39, 0.29) is 24.1 Å². The van der Waals surface area contributed by atoms with Crippen LogP contribution in [0.1, 0.15) is 38.2 Å². The van der Waals surface area contributed by atoms with E-state index in [0.717, 1.165) is 0 Å². The number of carbonyl (C=O) groups is 2. The van der Waals surface area contributed by atoms with E-state index in [4.69, 9.17) is 5.11 Å². The SMILES string of the molecule is CC(CCC(=O)O)NC(=O)C(C)c1cccc([N+](=O)[O-])c1. The average molecular weight is 294 g/mol. The zero-order chi connectivity index (χ0) is 16.0. The lowest BCUT2D eigenvalue weighted by molar-refractivity contribution is -0.384. The molecule has 1 aromatic carbocycles. The number of nitro benzene ring substituents is 1. The summed E-state index contributed by atoms with van der Waals surface area (Å²) in [5.74, 6) is -1.74. The first kappa shape index (κ1) is 16.6. The van der Waals surface area contributed by atoms with Crippen LogP contribution >= 0.6 is 0 Å². The van der Waals surface area contributed by atoms with Crippen LogP contribution in [0.15, 0.2) is 24.3 Å². The van der Waals surface area contributed by atoms with E-state index in [2.05, 4.69) is 5.32 Å². The molecule has 2 N–H and O–H groups in total. The molecule has 2 unspecified atom stereocenters. The van der Waals surface area contributed by atoms with E-state index in [9.17, 15) is 19.7 Å². The molecule has 0 saturated heterocycles. The molecule has 1 amide bonds. The number of aliphatic carboxylic acids is 1. The van der Waals surface area contributed by atoms with Gasteiger partial charge in [0, 0.05) is 24.6 Å². The molecule has 0 fully saturated rings. The van der Waals surface area contributed by atoms with Crippen molar-refractivity contribution in [3.63, 3.8) is 0 Å². The highest BCUT2D eigenvalue weighted by Crippen LogP contribution is 2.21. The van der Waals surface area contributed by atoms with Crippen molar-refractivity contribution < 1.29 is 19.6 Å². The number of rotatable bonds is 7. The second-order valence-electron chi connectivity index (χ2n) is 4.92. The summed E-state index contributed by atoms with van der Waals surface area (Å²) in [6, 6.07) is 5.65. The van der Waals surface area contributed by atoms with E-state index >= 15 is 0 Å². The van der Waals surface area contributed by atoms with Gasteiger partial charge in [-0.2, -0.15) is 0 Å². The van der Waals surface area contributed by atoms with Crippen molar-refractivity contribution >= 4 is 17.6 Å². The second kappa shape index (κ2) is 7.37. The Morgan fingerprint density at radius 3 is 2.62 bits per heavy atom. The maximum absolute atomic E-state index is 12.1. The summed E-state index contributed by atoms with van der Waals surface area (Å²) in [6.07, 6.45) is 0.315. The lowest BCUT2D eigenvalue weighted by Gasteiger charge is -2.17. The van der Waals surface area contributed by atoms with Crippen LogP contribution in [-0.2, 0) is 9.59 Å². The van der Waals surface area contributed by atoms with Gasteiger partial charge in [-0.3, -0.25) is 19.7 Å². The molecule has 0 spiro atoms. The van der Waals surface area contributed by atoms with E-state index in [1.807, 2.05) is 0 Å². The molecule has 0 aliphatic rings. The van der Waals surface area contributed by atoms with Gasteiger partial charge in [-0.15, -0.1) is 0 Å². The Bertz CT molecular complexity index is 544. The molecule has 0 aliphatic heterocycles. The van der Waals surface area contributed by atoms with Gasteiger partial charge in [-0.1, -0.05) is 12.1 Å². The van der Waals surface area contributed by atoms with Gasteiger partial charge in [-0.25, -0.2) is 0 Å². The van der Waals surface area contributed by atoms with Crippen molar-refractivity contribution in [2.24, 2.45) is 0 Å². The topological polar surface area (TPSA) is 110 Å². The first-order chi connectivity index (χ1) is 9.81. The van der Waals surface area contributed by atoms with Crippen LogP contribution in [0.25, 0.3) is 0 Å². The number of nitro groups is 1. The molecule has 0 radical (unpaired) electrons. The van der Waals surface area contributed by atoms with Crippen LogP contribution in [0.5, 0.6) is 0 Å². The predicted molar refractivity (Wildman–Crippen MR) is 76.0 cm³/mol. The van der Waals surface area contributed by atoms with Gasteiger partial charge in [0.2, 0.25) is 5.91 Å². The summed E-state index contributed by atoms with van der Waals surface area (Å²) in [4.78, 5) is 32.7. The molecule has 0 heterocycles. The minimum Gasteiger partial charge on any atom is -0.481 e. The first-order valence-electron chi connectivity index (χ1n) is 6.57. The van der Waals surface area contributed by atoms with Crippen LogP contribution in [0.3, 0.4) is 0 Å². The van der Waals surface area contributed by atoms with Gasteiger partial charge in [0.15, 0.2) is 0 Å². The van der Waals surface area contributed by atoms with Crippen LogP contribution in [0, 0.1) is 10.1 Å². The molecule has 1 rings (SSSR count). The summed E-state index contributed by atoms with van der Waals surface area (Å²) in [5, 5.41) is 22.0. The molecule has 0 aromatic heterocycles. The van der Waals surface area contributed by atoms with E-state index < -0.39 is 16.8 Å². The fraction of sp³-hybridized carbons (Fsp3) is 0.429. The molecular weight excluding hydrogens is 276 g/mol. The molecule has 21 heavy (non-hydrogen) atoms. The number of carbonyl (C=O) groups excluding carboxylic acids is 1. The van der Waals surface area contributed by atoms with Gasteiger partial charge in [0.25, 0.3) is 5.69 Å². The third-order valence-electron chi connectivity index (χ3n) is 3.15. The molecule has 7 nitrogen and oxygen atoms in total. The Labute approximate surface area is 122 Å². The van der Waals surface area contributed by atoms with Gasteiger partial charge in [0.05, 0.1) is 10.8 Å². The summed E-state index contributed by atoms with van der Waals surface area (Å²) in [7, 11) is 0. The maximum Gasteiger partial charge on any atom is 0.303 e. The van der Waals surface area contributed by atoms with Crippen molar-refractivity contribution in [1.29, 1.82) is 0 Å². The largest absolute Gasteiger partial charge is 0.481 e. The third-order valence-corrected chi connectivity index (χ3v) is 3.15. The number of carboxylic acids is 1. The van der Waals surface area contributed by atoms with Crippen molar-refractivity contribution in [3.8, 4) is 0 Å². The van der Waals surface area contributed by atoms with Crippen molar-refractivity contribution in [3.05, 3.63) is 39.9 Å². The quantitative estimate of drug-likeness (QED) is 0.591. The Kier molecular flexibility index (Phi) is 5.83. The van der Waals surface area contributed by atoms with E-state index in [1.54, 1.807) is 19.9 Å². The standard InChI is InChI=1S/C14H18N2O5/c1-9(6-7-13(17)18)15-14(19)10(2)11-4-3-5-12(8-11)16(20)21/h3-5,8-10H,6-7H2,1-2H3,(H,15,19)(H,17,18). The highest BCUT2D eigenvalue weighted by molar-refractivity contribution is 5.83. The van der Waals surface area contributed by atoms with Crippen molar-refractivity contribution in [2.45, 2.75) is 38.6 Å². The average Bonchev–Trinajstić information content (AvgIpc) is 2.44. The number of nitrogens with zero attached hydrogens (tertiary/aromatic N) is 1. The second-order valence-corrected chi connectivity index (χ2v) is 4.92. The molecule has 1 aromatic rings. The third kappa shape index (κ3) is 5.21. The number of hydrogen-bond acceptors (Lipinski definition) is 4. The highest BCUT2D eigenvalue weighted by Gasteiger charge is 2.19. The Morgan fingerprint density at radius 2 is 2.05 bits per heavy atom. The summed E-state index contributed by atoms with van der Waals surface area (Å²) in [5.41, 5.74) is 0.484. The Balaban J connectivity index is 2.67. The molecule has 0 bridgehead atoms.